The van der Waals surface area contributed by atoms with Gasteiger partial charge >= 0.3 is 11.7 Å². The first-order valence-electron chi connectivity index (χ1n) is 5.37. The molecule has 0 aliphatic heterocycles. The van der Waals surface area contributed by atoms with Crippen molar-refractivity contribution in [2.75, 3.05) is 14.2 Å². The van der Waals surface area contributed by atoms with Crippen molar-refractivity contribution in [3.63, 3.8) is 0 Å². The van der Waals surface area contributed by atoms with Gasteiger partial charge in [0, 0.05) is 17.2 Å². The summed E-state index contributed by atoms with van der Waals surface area (Å²) >= 11 is 5.72. The second-order valence-electron chi connectivity index (χ2n) is 3.65. The maximum absolute atomic E-state index is 11.3. The SMILES string of the molecule is COC(=O)C(=O)/C=C(\O)c1cc(Cl)cc([N+](=O)[O-])c1OC. The van der Waals surface area contributed by atoms with E-state index in [1.807, 2.05) is 0 Å². The van der Waals surface area contributed by atoms with Gasteiger partial charge in [-0.2, -0.15) is 0 Å². The van der Waals surface area contributed by atoms with Crippen LogP contribution in [0.15, 0.2) is 18.2 Å². The lowest BCUT2D eigenvalue weighted by Crippen LogP contribution is -2.13. The summed E-state index contributed by atoms with van der Waals surface area (Å²) in [6.45, 7) is 0. The molecule has 0 spiro atoms. The van der Waals surface area contributed by atoms with Gasteiger partial charge < -0.3 is 14.6 Å². The quantitative estimate of drug-likeness (QED) is 0.220. The molecule has 0 unspecified atom stereocenters. The van der Waals surface area contributed by atoms with E-state index in [1.54, 1.807) is 0 Å². The summed E-state index contributed by atoms with van der Waals surface area (Å²) in [5.74, 6) is -3.35. The van der Waals surface area contributed by atoms with E-state index in [2.05, 4.69) is 4.74 Å². The summed E-state index contributed by atoms with van der Waals surface area (Å²) in [5.41, 5.74) is -0.695. The summed E-state index contributed by atoms with van der Waals surface area (Å²) in [5, 5.41) is 20.7. The molecule has 0 aliphatic rings. The van der Waals surface area contributed by atoms with Crippen LogP contribution >= 0.6 is 11.6 Å². The van der Waals surface area contributed by atoms with E-state index in [1.165, 1.54) is 0 Å². The van der Waals surface area contributed by atoms with E-state index in [9.17, 15) is 24.8 Å². The number of ketones is 1. The Bertz CT molecular complexity index is 639. The summed E-state index contributed by atoms with van der Waals surface area (Å²) in [6.07, 6.45) is 0.559. The average molecular weight is 316 g/mol. The van der Waals surface area contributed by atoms with Crippen LogP contribution < -0.4 is 4.74 Å². The third kappa shape index (κ3) is 3.69. The van der Waals surface area contributed by atoms with Crippen molar-refractivity contribution in [3.8, 4) is 5.75 Å². The molecule has 8 nitrogen and oxygen atoms in total. The van der Waals surface area contributed by atoms with Crippen molar-refractivity contribution < 1.29 is 29.1 Å². The van der Waals surface area contributed by atoms with Crippen LogP contribution in [0.2, 0.25) is 5.02 Å². The number of halogens is 1. The van der Waals surface area contributed by atoms with E-state index in [4.69, 9.17) is 16.3 Å². The lowest BCUT2D eigenvalue weighted by molar-refractivity contribution is -0.385. The molecule has 1 rings (SSSR count). The molecule has 1 aromatic carbocycles. The predicted molar refractivity (Wildman–Crippen MR) is 72.3 cm³/mol. The van der Waals surface area contributed by atoms with Crippen molar-refractivity contribution in [1.29, 1.82) is 0 Å². The minimum absolute atomic E-state index is 0.0528. The van der Waals surface area contributed by atoms with Crippen molar-refractivity contribution in [1.82, 2.24) is 0 Å². The average Bonchev–Trinajstić information content (AvgIpc) is 2.44. The van der Waals surface area contributed by atoms with Gasteiger partial charge in [-0.15, -0.1) is 0 Å². The maximum atomic E-state index is 11.3. The van der Waals surface area contributed by atoms with Crippen molar-refractivity contribution in [2.45, 2.75) is 0 Å². The molecule has 0 heterocycles. The smallest absolute Gasteiger partial charge is 0.378 e. The predicted octanol–water partition coefficient (Wildman–Crippen LogP) is 1.90. The summed E-state index contributed by atoms with van der Waals surface area (Å²) in [7, 11) is 2.14. The normalized spacial score (nSPS) is 10.9. The van der Waals surface area contributed by atoms with Gasteiger partial charge in [0.2, 0.25) is 5.75 Å². The Morgan fingerprint density at radius 2 is 2.00 bits per heavy atom. The fourth-order valence-electron chi connectivity index (χ4n) is 1.48. The Morgan fingerprint density at radius 1 is 1.38 bits per heavy atom. The standard InChI is InChI=1S/C12H10ClNO7/c1-20-11-7(3-6(13)4-8(11)14(18)19)9(15)5-10(16)12(17)21-2/h3-5,15H,1-2H3/b9-5-. The number of ether oxygens (including phenoxy) is 2. The molecular weight excluding hydrogens is 306 g/mol. The fourth-order valence-corrected chi connectivity index (χ4v) is 1.69. The molecule has 0 radical (unpaired) electrons. The number of carbonyl (C=O) groups excluding carboxylic acids is 2. The molecule has 21 heavy (non-hydrogen) atoms. The molecule has 1 N–H and O–H groups in total. The van der Waals surface area contributed by atoms with E-state index in [0.29, 0.717) is 6.08 Å². The number of aliphatic hydroxyl groups is 1. The number of aliphatic hydroxyl groups excluding tert-OH is 1. The molecule has 0 aromatic heterocycles. The molecule has 0 saturated heterocycles. The number of hydrogen-bond donors (Lipinski definition) is 1. The molecule has 0 saturated carbocycles. The van der Waals surface area contributed by atoms with Gasteiger partial charge in [0.15, 0.2) is 0 Å². The van der Waals surface area contributed by atoms with E-state index in [-0.39, 0.29) is 16.3 Å². The Kier molecular flexibility index (Phi) is 5.25. The van der Waals surface area contributed by atoms with E-state index >= 15 is 0 Å². The highest BCUT2D eigenvalue weighted by atomic mass is 35.5. The van der Waals surface area contributed by atoms with Gasteiger partial charge in [-0.3, -0.25) is 14.9 Å². The molecule has 0 atom stereocenters. The van der Waals surface area contributed by atoms with E-state index in [0.717, 1.165) is 26.4 Å². The highest BCUT2D eigenvalue weighted by Gasteiger charge is 2.23. The van der Waals surface area contributed by atoms with Gasteiger partial charge in [0.1, 0.15) is 5.76 Å². The van der Waals surface area contributed by atoms with Crippen molar-refractivity contribution in [3.05, 3.63) is 38.9 Å². The largest absolute Gasteiger partial charge is 0.507 e. The summed E-state index contributed by atoms with van der Waals surface area (Å²) in [4.78, 5) is 32.5. The Labute approximate surface area is 123 Å². The van der Waals surface area contributed by atoms with Gasteiger partial charge in [0.05, 0.1) is 24.7 Å². The number of nitro benzene ring substituents is 1. The minimum atomic E-state index is -1.20. The van der Waals surface area contributed by atoms with Crippen LogP contribution in [0.1, 0.15) is 5.56 Å². The first-order chi connectivity index (χ1) is 9.81. The minimum Gasteiger partial charge on any atom is -0.507 e. The van der Waals surface area contributed by atoms with Gasteiger partial charge in [-0.1, -0.05) is 11.6 Å². The zero-order valence-electron chi connectivity index (χ0n) is 11.0. The molecule has 9 heteroatoms. The van der Waals surface area contributed by atoms with Crippen LogP contribution in [0, 0.1) is 10.1 Å². The first-order valence-corrected chi connectivity index (χ1v) is 5.74. The highest BCUT2D eigenvalue weighted by Crippen LogP contribution is 2.37. The van der Waals surface area contributed by atoms with Gasteiger partial charge in [0.25, 0.3) is 5.78 Å². The molecule has 0 fully saturated rings. The van der Waals surface area contributed by atoms with Crippen LogP contribution in [-0.2, 0) is 14.3 Å². The number of esters is 1. The van der Waals surface area contributed by atoms with Crippen LogP contribution in [-0.4, -0.2) is 36.0 Å². The molecular formula is C12H10ClNO7. The Hall–Kier alpha value is -2.61. The van der Waals surface area contributed by atoms with Crippen molar-refractivity contribution in [2.24, 2.45) is 0 Å². The molecule has 0 amide bonds. The topological polar surface area (TPSA) is 116 Å². The third-order valence-electron chi connectivity index (χ3n) is 2.37. The molecule has 112 valence electrons. The second-order valence-corrected chi connectivity index (χ2v) is 4.08. The lowest BCUT2D eigenvalue weighted by atomic mass is 10.1. The number of benzene rings is 1. The number of methoxy groups -OCH3 is 2. The van der Waals surface area contributed by atoms with E-state index < -0.39 is 28.1 Å². The van der Waals surface area contributed by atoms with Crippen LogP contribution in [0.5, 0.6) is 5.75 Å². The number of rotatable bonds is 5. The fraction of sp³-hybridized carbons (Fsp3) is 0.167. The monoisotopic (exact) mass is 315 g/mol. The number of carbonyl (C=O) groups is 2. The van der Waals surface area contributed by atoms with Gasteiger partial charge in [-0.25, -0.2) is 4.79 Å². The lowest BCUT2D eigenvalue weighted by Gasteiger charge is -2.08. The molecule has 1 aromatic rings. The first kappa shape index (κ1) is 16.4. The van der Waals surface area contributed by atoms with Crippen LogP contribution in [0.4, 0.5) is 5.69 Å². The number of nitrogens with zero attached hydrogens (tertiary/aromatic N) is 1. The molecule has 0 bridgehead atoms. The zero-order valence-corrected chi connectivity index (χ0v) is 11.7. The van der Waals surface area contributed by atoms with Crippen molar-refractivity contribution >= 4 is 34.8 Å². The van der Waals surface area contributed by atoms with Gasteiger partial charge in [-0.05, 0) is 6.07 Å². The molecule has 0 aliphatic carbocycles. The number of hydrogen-bond acceptors (Lipinski definition) is 7. The summed E-state index contributed by atoms with van der Waals surface area (Å²) < 4.78 is 9.03. The van der Waals surface area contributed by atoms with Crippen LogP contribution in [0.25, 0.3) is 5.76 Å². The van der Waals surface area contributed by atoms with Crippen LogP contribution in [0.3, 0.4) is 0 Å². The Morgan fingerprint density at radius 3 is 2.48 bits per heavy atom. The highest BCUT2D eigenvalue weighted by molar-refractivity contribution is 6.39. The maximum Gasteiger partial charge on any atom is 0.378 e. The number of nitro groups is 1. The Balaban J connectivity index is 3.42. The second kappa shape index (κ2) is 6.71. The zero-order chi connectivity index (χ0) is 16.2. The summed E-state index contributed by atoms with van der Waals surface area (Å²) in [6, 6.07) is 2.18. The third-order valence-corrected chi connectivity index (χ3v) is 2.58.